The van der Waals surface area contributed by atoms with Crippen molar-refractivity contribution in [1.29, 1.82) is 0 Å². The van der Waals surface area contributed by atoms with E-state index in [2.05, 4.69) is 10.9 Å². The van der Waals surface area contributed by atoms with E-state index in [-0.39, 0.29) is 0 Å². The Bertz CT molecular complexity index is 1020. The first-order valence-electron chi connectivity index (χ1n) is 10.8. The van der Waals surface area contributed by atoms with Crippen molar-refractivity contribution in [3.05, 3.63) is 84.4 Å². The van der Waals surface area contributed by atoms with Crippen LogP contribution in [0.3, 0.4) is 0 Å². The molecular formula is C26H28N2O4. The Labute approximate surface area is 188 Å². The number of nitrogens with one attached hydrogen (secondary N) is 2. The largest absolute Gasteiger partial charge is 0.493 e. The summed E-state index contributed by atoms with van der Waals surface area (Å²) in [5.74, 6) is 0.172. The van der Waals surface area contributed by atoms with E-state index in [1.807, 2.05) is 68.4 Å². The summed E-state index contributed by atoms with van der Waals surface area (Å²) in [7, 11) is 0. The molecular weight excluding hydrogens is 404 g/mol. The molecule has 2 N–H and O–H groups in total. The van der Waals surface area contributed by atoms with Crippen LogP contribution in [-0.4, -0.2) is 24.5 Å². The average molecular weight is 433 g/mol. The maximum atomic E-state index is 12.6. The van der Waals surface area contributed by atoms with E-state index in [9.17, 15) is 9.59 Å². The highest BCUT2D eigenvalue weighted by Crippen LogP contribution is 2.23. The summed E-state index contributed by atoms with van der Waals surface area (Å²) >= 11 is 0. The third-order valence-electron chi connectivity index (χ3n) is 4.80. The molecule has 0 aliphatic heterocycles. The smallest absolute Gasteiger partial charge is 0.279 e. The molecule has 166 valence electrons. The summed E-state index contributed by atoms with van der Waals surface area (Å²) in [5.41, 5.74) is 7.42. The van der Waals surface area contributed by atoms with Crippen LogP contribution >= 0.6 is 0 Å². The Morgan fingerprint density at radius 2 is 1.47 bits per heavy atom. The molecule has 1 atom stereocenters. The summed E-state index contributed by atoms with van der Waals surface area (Å²) in [6.07, 6.45) is 0.525. The number of rotatable bonds is 9. The number of benzene rings is 3. The van der Waals surface area contributed by atoms with Gasteiger partial charge >= 0.3 is 0 Å². The molecule has 6 heteroatoms. The van der Waals surface area contributed by atoms with Gasteiger partial charge < -0.3 is 9.47 Å². The molecule has 0 spiro atoms. The van der Waals surface area contributed by atoms with Crippen molar-refractivity contribution < 1.29 is 19.1 Å². The minimum atomic E-state index is -0.746. The van der Waals surface area contributed by atoms with E-state index >= 15 is 0 Å². The van der Waals surface area contributed by atoms with Gasteiger partial charge in [-0.3, -0.25) is 20.4 Å². The van der Waals surface area contributed by atoms with Crippen LogP contribution in [0.15, 0.2) is 78.9 Å². The zero-order chi connectivity index (χ0) is 22.8. The highest BCUT2D eigenvalue weighted by molar-refractivity contribution is 5.98. The Morgan fingerprint density at radius 1 is 0.812 bits per heavy atom. The van der Waals surface area contributed by atoms with E-state index < -0.39 is 17.9 Å². The summed E-state index contributed by atoms with van der Waals surface area (Å²) in [5, 5.41) is 0. The lowest BCUT2D eigenvalue weighted by atomic mass is 10.1. The predicted octanol–water partition coefficient (Wildman–Crippen LogP) is 4.76. The van der Waals surface area contributed by atoms with Gasteiger partial charge in [-0.15, -0.1) is 0 Å². The molecule has 0 bridgehead atoms. The number of para-hydroxylation sites is 1. The van der Waals surface area contributed by atoms with Crippen LogP contribution in [0.5, 0.6) is 11.5 Å². The fourth-order valence-electron chi connectivity index (χ4n) is 3.10. The normalized spacial score (nSPS) is 11.3. The molecule has 0 aliphatic carbocycles. The highest BCUT2D eigenvalue weighted by Gasteiger charge is 2.20. The molecule has 3 aromatic rings. The molecule has 32 heavy (non-hydrogen) atoms. The van der Waals surface area contributed by atoms with Crippen molar-refractivity contribution in [1.82, 2.24) is 10.9 Å². The molecule has 1 unspecified atom stereocenters. The Balaban J connectivity index is 1.58. The second-order valence-electron chi connectivity index (χ2n) is 7.19. The molecule has 3 rings (SSSR count). The second-order valence-corrected chi connectivity index (χ2v) is 7.19. The topological polar surface area (TPSA) is 76.7 Å². The Morgan fingerprint density at radius 3 is 2.16 bits per heavy atom. The third-order valence-corrected chi connectivity index (χ3v) is 4.80. The van der Waals surface area contributed by atoms with E-state index in [1.165, 1.54) is 0 Å². The molecule has 0 heterocycles. The van der Waals surface area contributed by atoms with E-state index in [4.69, 9.17) is 9.47 Å². The van der Waals surface area contributed by atoms with Crippen molar-refractivity contribution >= 4 is 11.8 Å². The fourth-order valence-corrected chi connectivity index (χ4v) is 3.10. The van der Waals surface area contributed by atoms with Gasteiger partial charge in [-0.1, -0.05) is 68.4 Å². The van der Waals surface area contributed by atoms with Crippen LogP contribution in [0.1, 0.15) is 37.0 Å². The van der Waals surface area contributed by atoms with E-state index in [1.54, 1.807) is 24.3 Å². The summed E-state index contributed by atoms with van der Waals surface area (Å²) < 4.78 is 11.4. The number of ether oxygens (including phenoxy) is 2. The van der Waals surface area contributed by atoms with Gasteiger partial charge in [0, 0.05) is 0 Å². The summed E-state index contributed by atoms with van der Waals surface area (Å²) in [4.78, 5) is 25.1. The van der Waals surface area contributed by atoms with Crippen LogP contribution in [0.2, 0.25) is 0 Å². The van der Waals surface area contributed by atoms with Gasteiger partial charge in [-0.05, 0) is 48.2 Å². The van der Waals surface area contributed by atoms with Gasteiger partial charge in [0.05, 0.1) is 12.2 Å². The molecule has 0 aromatic heterocycles. The number of carbonyl (C=O) groups is 2. The van der Waals surface area contributed by atoms with Gasteiger partial charge in [0.2, 0.25) is 0 Å². The molecule has 3 aromatic carbocycles. The van der Waals surface area contributed by atoms with Crippen LogP contribution in [0.4, 0.5) is 0 Å². The monoisotopic (exact) mass is 432 g/mol. The maximum absolute atomic E-state index is 12.6. The maximum Gasteiger partial charge on any atom is 0.279 e. The van der Waals surface area contributed by atoms with Crippen LogP contribution in [-0.2, 0) is 4.79 Å². The lowest BCUT2D eigenvalue weighted by molar-refractivity contribution is -0.128. The van der Waals surface area contributed by atoms with Gasteiger partial charge in [0.1, 0.15) is 11.5 Å². The van der Waals surface area contributed by atoms with Crippen molar-refractivity contribution in [3.8, 4) is 22.6 Å². The first-order chi connectivity index (χ1) is 15.6. The molecule has 0 radical (unpaired) electrons. The van der Waals surface area contributed by atoms with Crippen molar-refractivity contribution in [2.75, 3.05) is 6.61 Å². The van der Waals surface area contributed by atoms with Crippen LogP contribution < -0.4 is 20.3 Å². The van der Waals surface area contributed by atoms with Crippen molar-refractivity contribution in [2.24, 2.45) is 0 Å². The molecule has 0 fully saturated rings. The zero-order valence-electron chi connectivity index (χ0n) is 18.3. The molecule has 6 nitrogen and oxygen atoms in total. The lowest BCUT2D eigenvalue weighted by Crippen LogP contribution is -2.48. The SMILES string of the molecule is CCCOc1ccccc1C(=O)NNC(=O)C(CC)Oc1ccc(-c2ccccc2)cc1. The Hall–Kier alpha value is -3.80. The average Bonchev–Trinajstić information content (AvgIpc) is 2.85. The minimum Gasteiger partial charge on any atom is -0.493 e. The minimum absolute atomic E-state index is 0.353. The van der Waals surface area contributed by atoms with Crippen molar-refractivity contribution in [3.63, 3.8) is 0 Å². The zero-order valence-corrected chi connectivity index (χ0v) is 18.3. The van der Waals surface area contributed by atoms with Gasteiger partial charge in [0.15, 0.2) is 6.10 Å². The number of hydrogen-bond acceptors (Lipinski definition) is 4. The van der Waals surface area contributed by atoms with Crippen LogP contribution in [0.25, 0.3) is 11.1 Å². The molecule has 0 saturated carbocycles. The number of carbonyl (C=O) groups excluding carboxylic acids is 2. The number of hydrazine groups is 1. The quantitative estimate of drug-likeness (QED) is 0.478. The van der Waals surface area contributed by atoms with E-state index in [0.29, 0.717) is 30.1 Å². The number of hydrogen-bond donors (Lipinski definition) is 2. The fraction of sp³-hybridized carbons (Fsp3) is 0.231. The van der Waals surface area contributed by atoms with E-state index in [0.717, 1.165) is 17.5 Å². The van der Waals surface area contributed by atoms with Gasteiger partial charge in [-0.25, -0.2) is 0 Å². The van der Waals surface area contributed by atoms with Crippen LogP contribution in [0, 0.1) is 0 Å². The third kappa shape index (κ3) is 6.11. The predicted molar refractivity (Wildman–Crippen MR) is 124 cm³/mol. The lowest BCUT2D eigenvalue weighted by Gasteiger charge is -2.18. The highest BCUT2D eigenvalue weighted by atomic mass is 16.5. The Kier molecular flexibility index (Phi) is 8.26. The van der Waals surface area contributed by atoms with Gasteiger partial charge in [0.25, 0.3) is 11.8 Å². The first-order valence-corrected chi connectivity index (χ1v) is 10.8. The number of amides is 2. The summed E-state index contributed by atoms with van der Waals surface area (Å²) in [6, 6.07) is 24.5. The molecule has 0 aliphatic rings. The standard InChI is InChI=1S/C26H28N2O4/c1-3-18-31-24-13-9-8-12-22(24)25(29)27-28-26(30)23(4-2)32-21-16-14-20(15-17-21)19-10-6-5-7-11-19/h5-17,23H,3-4,18H2,1-2H3,(H,27,29)(H,28,30). The first kappa shape index (κ1) is 22.9. The molecule has 0 saturated heterocycles. The van der Waals surface area contributed by atoms with Crippen molar-refractivity contribution in [2.45, 2.75) is 32.8 Å². The van der Waals surface area contributed by atoms with Gasteiger partial charge in [-0.2, -0.15) is 0 Å². The summed E-state index contributed by atoms with van der Waals surface area (Å²) in [6.45, 7) is 4.34. The molecule has 2 amide bonds. The second kappa shape index (κ2) is 11.6.